The van der Waals surface area contributed by atoms with Crippen molar-refractivity contribution >= 4 is 17.6 Å². The number of aryl methyl sites for hydroxylation is 1. The number of carbonyl (C=O) groups is 1. The molecule has 0 aliphatic rings. The Bertz CT molecular complexity index is 404. The van der Waals surface area contributed by atoms with Gasteiger partial charge in [0.05, 0.1) is 12.7 Å². The van der Waals surface area contributed by atoms with Crippen LogP contribution in [-0.4, -0.2) is 17.7 Å². The zero-order valence-corrected chi connectivity index (χ0v) is 11.5. The van der Waals surface area contributed by atoms with Gasteiger partial charge in [0.1, 0.15) is 0 Å². The average Bonchev–Trinajstić information content (AvgIpc) is 2.36. The number of rotatable bonds is 6. The molecule has 0 heterocycles. The van der Waals surface area contributed by atoms with Gasteiger partial charge in [0, 0.05) is 11.4 Å². The zero-order valence-electron chi connectivity index (χ0n) is 10.8. The van der Waals surface area contributed by atoms with E-state index in [9.17, 15) is 9.90 Å². The SMILES string of the molecule is CCCOC(=O)CCC(O)c1ccc(C)c(Cl)c1. The van der Waals surface area contributed by atoms with Crippen molar-refractivity contribution in [2.75, 3.05) is 6.61 Å². The third-order valence-electron chi connectivity index (χ3n) is 2.67. The predicted molar refractivity (Wildman–Crippen MR) is 71.6 cm³/mol. The number of ether oxygens (including phenoxy) is 1. The minimum atomic E-state index is -0.683. The van der Waals surface area contributed by atoms with Crippen LogP contribution in [0.4, 0.5) is 0 Å². The largest absolute Gasteiger partial charge is 0.466 e. The highest BCUT2D eigenvalue weighted by atomic mass is 35.5. The van der Waals surface area contributed by atoms with Crippen molar-refractivity contribution in [3.63, 3.8) is 0 Å². The maximum absolute atomic E-state index is 11.3. The molecule has 1 rings (SSSR count). The van der Waals surface area contributed by atoms with Crippen LogP contribution in [0.5, 0.6) is 0 Å². The lowest BCUT2D eigenvalue weighted by atomic mass is 10.0. The molecule has 0 bridgehead atoms. The molecule has 0 aromatic heterocycles. The molecule has 1 unspecified atom stereocenters. The Labute approximate surface area is 113 Å². The summed E-state index contributed by atoms with van der Waals surface area (Å²) < 4.78 is 4.94. The molecule has 1 N–H and O–H groups in total. The molecule has 1 atom stereocenters. The van der Waals surface area contributed by atoms with Crippen molar-refractivity contribution < 1.29 is 14.6 Å². The number of carbonyl (C=O) groups excluding carboxylic acids is 1. The van der Waals surface area contributed by atoms with Gasteiger partial charge in [-0.25, -0.2) is 0 Å². The van der Waals surface area contributed by atoms with Gasteiger partial charge in [0.2, 0.25) is 0 Å². The molecular weight excluding hydrogens is 252 g/mol. The highest BCUT2D eigenvalue weighted by Crippen LogP contribution is 2.24. The Kier molecular flexibility index (Phi) is 6.16. The highest BCUT2D eigenvalue weighted by molar-refractivity contribution is 6.31. The summed E-state index contributed by atoms with van der Waals surface area (Å²) in [4.78, 5) is 11.3. The second-order valence-corrected chi connectivity index (χ2v) is 4.69. The minimum absolute atomic E-state index is 0.215. The lowest BCUT2D eigenvalue weighted by molar-refractivity contribution is -0.144. The highest BCUT2D eigenvalue weighted by Gasteiger charge is 2.12. The molecule has 18 heavy (non-hydrogen) atoms. The van der Waals surface area contributed by atoms with Crippen LogP contribution in [0.15, 0.2) is 18.2 Å². The molecule has 100 valence electrons. The molecule has 0 spiro atoms. The smallest absolute Gasteiger partial charge is 0.305 e. The van der Waals surface area contributed by atoms with Crippen molar-refractivity contribution in [2.24, 2.45) is 0 Å². The normalized spacial score (nSPS) is 12.2. The predicted octanol–water partition coefficient (Wildman–Crippen LogP) is 3.42. The van der Waals surface area contributed by atoms with E-state index in [1.165, 1.54) is 0 Å². The van der Waals surface area contributed by atoms with Gasteiger partial charge in [-0.05, 0) is 37.0 Å². The number of esters is 1. The van der Waals surface area contributed by atoms with Crippen molar-refractivity contribution in [1.82, 2.24) is 0 Å². The molecule has 0 saturated carbocycles. The van der Waals surface area contributed by atoms with Gasteiger partial charge in [-0.3, -0.25) is 4.79 Å². The second kappa shape index (κ2) is 7.39. The second-order valence-electron chi connectivity index (χ2n) is 4.28. The quantitative estimate of drug-likeness (QED) is 0.806. The summed E-state index contributed by atoms with van der Waals surface area (Å²) in [7, 11) is 0. The van der Waals surface area contributed by atoms with Crippen LogP contribution in [0.2, 0.25) is 5.02 Å². The Balaban J connectivity index is 2.47. The molecule has 0 aliphatic heterocycles. The van der Waals surface area contributed by atoms with Gasteiger partial charge in [-0.2, -0.15) is 0 Å². The van der Waals surface area contributed by atoms with Crippen LogP contribution in [-0.2, 0) is 9.53 Å². The summed E-state index contributed by atoms with van der Waals surface area (Å²) in [6.45, 7) is 4.28. The van der Waals surface area contributed by atoms with E-state index in [2.05, 4.69) is 0 Å². The van der Waals surface area contributed by atoms with E-state index < -0.39 is 6.10 Å². The number of halogens is 1. The maximum atomic E-state index is 11.3. The minimum Gasteiger partial charge on any atom is -0.466 e. The van der Waals surface area contributed by atoms with Crippen molar-refractivity contribution in [1.29, 1.82) is 0 Å². The van der Waals surface area contributed by atoms with E-state index in [1.54, 1.807) is 6.07 Å². The van der Waals surface area contributed by atoms with E-state index in [1.807, 2.05) is 26.0 Å². The topological polar surface area (TPSA) is 46.5 Å². The molecule has 0 aliphatic carbocycles. The van der Waals surface area contributed by atoms with E-state index >= 15 is 0 Å². The van der Waals surface area contributed by atoms with E-state index in [0.717, 1.165) is 17.5 Å². The van der Waals surface area contributed by atoms with E-state index in [4.69, 9.17) is 16.3 Å². The van der Waals surface area contributed by atoms with Gasteiger partial charge in [-0.15, -0.1) is 0 Å². The fourth-order valence-corrected chi connectivity index (χ4v) is 1.71. The first-order valence-electron chi connectivity index (χ1n) is 6.14. The molecule has 1 aromatic carbocycles. The third-order valence-corrected chi connectivity index (χ3v) is 3.08. The number of hydrogen-bond acceptors (Lipinski definition) is 3. The van der Waals surface area contributed by atoms with Gasteiger partial charge >= 0.3 is 5.97 Å². The summed E-state index contributed by atoms with van der Waals surface area (Å²) in [5, 5.41) is 10.6. The number of hydrogen-bond donors (Lipinski definition) is 1. The molecule has 3 nitrogen and oxygen atoms in total. The summed E-state index contributed by atoms with van der Waals surface area (Å²) in [6.07, 6.45) is 0.688. The Morgan fingerprint density at radius 1 is 1.50 bits per heavy atom. The molecule has 1 aromatic rings. The van der Waals surface area contributed by atoms with E-state index in [0.29, 0.717) is 18.1 Å². The Morgan fingerprint density at radius 3 is 2.83 bits per heavy atom. The molecule has 4 heteroatoms. The van der Waals surface area contributed by atoms with Crippen LogP contribution in [0.25, 0.3) is 0 Å². The Morgan fingerprint density at radius 2 is 2.22 bits per heavy atom. The van der Waals surface area contributed by atoms with Gasteiger partial charge in [0.15, 0.2) is 0 Å². The van der Waals surface area contributed by atoms with Gasteiger partial charge in [-0.1, -0.05) is 30.7 Å². The first-order valence-corrected chi connectivity index (χ1v) is 6.52. The zero-order chi connectivity index (χ0) is 13.5. The summed E-state index contributed by atoms with van der Waals surface area (Å²) in [5.74, 6) is -0.269. The van der Waals surface area contributed by atoms with E-state index in [-0.39, 0.29) is 12.4 Å². The molecule has 0 amide bonds. The standard InChI is InChI=1S/C14H19ClO3/c1-3-8-18-14(17)7-6-13(16)11-5-4-10(2)12(15)9-11/h4-5,9,13,16H,3,6-8H2,1-2H3. The number of aliphatic hydroxyl groups is 1. The van der Waals surface area contributed by atoms with Crippen LogP contribution in [0.3, 0.4) is 0 Å². The van der Waals surface area contributed by atoms with Crippen molar-refractivity contribution in [3.8, 4) is 0 Å². The fraction of sp³-hybridized carbons (Fsp3) is 0.500. The van der Waals surface area contributed by atoms with Gasteiger partial charge in [0.25, 0.3) is 0 Å². The Hall–Kier alpha value is -1.06. The fourth-order valence-electron chi connectivity index (χ4n) is 1.53. The lowest BCUT2D eigenvalue weighted by Gasteiger charge is -2.11. The first kappa shape index (κ1) is 15.0. The first-order chi connectivity index (χ1) is 8.54. The van der Waals surface area contributed by atoms with Crippen LogP contribution in [0.1, 0.15) is 43.4 Å². The summed E-state index contributed by atoms with van der Waals surface area (Å²) in [5.41, 5.74) is 1.70. The molecular formula is C14H19ClO3. The van der Waals surface area contributed by atoms with Crippen LogP contribution < -0.4 is 0 Å². The summed E-state index contributed by atoms with van der Waals surface area (Å²) >= 11 is 5.99. The summed E-state index contributed by atoms with van der Waals surface area (Å²) in [6, 6.07) is 5.42. The molecule has 0 saturated heterocycles. The molecule has 0 fully saturated rings. The van der Waals surface area contributed by atoms with Crippen molar-refractivity contribution in [2.45, 2.75) is 39.2 Å². The third kappa shape index (κ3) is 4.67. The average molecular weight is 271 g/mol. The van der Waals surface area contributed by atoms with Gasteiger partial charge < -0.3 is 9.84 Å². The number of benzene rings is 1. The molecule has 0 radical (unpaired) electrons. The van der Waals surface area contributed by atoms with Crippen LogP contribution >= 0.6 is 11.6 Å². The monoisotopic (exact) mass is 270 g/mol. The maximum Gasteiger partial charge on any atom is 0.305 e. The number of aliphatic hydroxyl groups excluding tert-OH is 1. The lowest BCUT2D eigenvalue weighted by Crippen LogP contribution is -2.08. The van der Waals surface area contributed by atoms with Crippen molar-refractivity contribution in [3.05, 3.63) is 34.3 Å². The van der Waals surface area contributed by atoms with Crippen LogP contribution in [0, 0.1) is 6.92 Å².